The Kier molecular flexibility index (Phi) is 14.5. The van der Waals surface area contributed by atoms with Crippen LogP contribution in [0.5, 0.6) is 0 Å². The normalized spacial score (nSPS) is 15.2. The van der Waals surface area contributed by atoms with E-state index in [9.17, 15) is 33.9 Å². The fourth-order valence-corrected chi connectivity index (χ4v) is 3.26. The third kappa shape index (κ3) is 11.8. The Labute approximate surface area is 201 Å². The molecule has 0 bridgehead atoms. The maximum atomic E-state index is 12.9. The van der Waals surface area contributed by atoms with Gasteiger partial charge in [-0.25, -0.2) is 4.79 Å². The summed E-state index contributed by atoms with van der Waals surface area (Å²) in [6.45, 7) is 3.40. The van der Waals surface area contributed by atoms with Gasteiger partial charge in [0.05, 0.1) is 12.5 Å². The monoisotopic (exact) mass is 506 g/mol. The number of amides is 3. The molecule has 0 saturated carbocycles. The van der Waals surface area contributed by atoms with E-state index in [2.05, 4.69) is 16.0 Å². The molecule has 0 aliphatic rings. The first-order chi connectivity index (χ1) is 15.8. The first kappa shape index (κ1) is 31.1. The number of carbonyl (C=O) groups is 6. The molecule has 0 aliphatic heterocycles. The van der Waals surface area contributed by atoms with Crippen LogP contribution < -0.4 is 21.7 Å². The number of aliphatic carboxylic acids is 3. The van der Waals surface area contributed by atoms with Gasteiger partial charge in [0.1, 0.15) is 18.1 Å². The van der Waals surface area contributed by atoms with Gasteiger partial charge in [-0.05, 0) is 30.8 Å². The molecule has 0 spiro atoms. The van der Waals surface area contributed by atoms with Crippen molar-refractivity contribution in [1.82, 2.24) is 16.0 Å². The largest absolute Gasteiger partial charge is 0.481 e. The van der Waals surface area contributed by atoms with Crippen molar-refractivity contribution in [1.29, 1.82) is 0 Å². The number of nitrogens with one attached hydrogen (secondary N) is 3. The quantitative estimate of drug-likeness (QED) is 0.126. The van der Waals surface area contributed by atoms with Gasteiger partial charge in [-0.3, -0.25) is 24.0 Å². The van der Waals surface area contributed by atoms with Crippen LogP contribution in [0.2, 0.25) is 0 Å². The summed E-state index contributed by atoms with van der Waals surface area (Å²) in [5, 5.41) is 33.9. The Morgan fingerprint density at radius 3 is 1.91 bits per heavy atom. The molecule has 0 fully saturated rings. The predicted octanol–water partition coefficient (Wildman–Crippen LogP) is -1.01. The van der Waals surface area contributed by atoms with Crippen molar-refractivity contribution in [3.63, 3.8) is 0 Å². The van der Waals surface area contributed by atoms with Crippen LogP contribution in [0.15, 0.2) is 0 Å². The number of hydrogen-bond acceptors (Lipinski definition) is 8. The highest BCUT2D eigenvalue weighted by Gasteiger charge is 2.33. The first-order valence-electron chi connectivity index (χ1n) is 10.7. The lowest BCUT2D eigenvalue weighted by atomic mass is 9.97. The number of thioether (sulfide) groups is 1. The molecule has 0 radical (unpaired) electrons. The van der Waals surface area contributed by atoms with Gasteiger partial charge in [-0.15, -0.1) is 0 Å². The smallest absolute Gasteiger partial charge is 0.326 e. The third-order valence-electron chi connectivity index (χ3n) is 5.04. The molecule has 14 heteroatoms. The highest BCUT2D eigenvalue weighted by molar-refractivity contribution is 7.98. The van der Waals surface area contributed by atoms with Crippen molar-refractivity contribution in [2.75, 3.05) is 12.0 Å². The van der Waals surface area contributed by atoms with E-state index in [1.54, 1.807) is 20.1 Å². The summed E-state index contributed by atoms with van der Waals surface area (Å²) in [5.74, 6) is -6.35. The lowest BCUT2D eigenvalue weighted by molar-refractivity contribution is -0.147. The topological polar surface area (TPSA) is 225 Å². The fraction of sp³-hybridized carbons (Fsp3) is 0.700. The highest BCUT2D eigenvalue weighted by Crippen LogP contribution is 2.11. The molecular formula is C20H34N4O9S. The molecule has 13 nitrogen and oxygen atoms in total. The summed E-state index contributed by atoms with van der Waals surface area (Å²) in [4.78, 5) is 70.9. The minimum Gasteiger partial charge on any atom is -0.481 e. The molecule has 0 aliphatic carbocycles. The van der Waals surface area contributed by atoms with Gasteiger partial charge in [0.25, 0.3) is 0 Å². The van der Waals surface area contributed by atoms with Crippen LogP contribution in [-0.4, -0.2) is 87.1 Å². The molecule has 0 saturated heterocycles. The minimum absolute atomic E-state index is 0.129. The second-order valence-electron chi connectivity index (χ2n) is 7.75. The minimum atomic E-state index is -1.69. The van der Waals surface area contributed by atoms with E-state index in [1.165, 1.54) is 11.8 Å². The molecule has 0 heterocycles. The number of rotatable bonds is 17. The zero-order valence-corrected chi connectivity index (χ0v) is 20.2. The van der Waals surface area contributed by atoms with Crippen molar-refractivity contribution in [2.45, 2.75) is 70.1 Å². The molecular weight excluding hydrogens is 472 g/mol. The maximum absolute atomic E-state index is 12.9. The zero-order chi connectivity index (χ0) is 26.4. The van der Waals surface area contributed by atoms with E-state index in [4.69, 9.17) is 15.9 Å². The Hall–Kier alpha value is -2.87. The van der Waals surface area contributed by atoms with E-state index in [-0.39, 0.29) is 19.3 Å². The van der Waals surface area contributed by atoms with Crippen molar-refractivity contribution >= 4 is 47.4 Å². The molecule has 5 unspecified atom stereocenters. The Morgan fingerprint density at radius 1 is 0.853 bits per heavy atom. The van der Waals surface area contributed by atoms with Crippen molar-refractivity contribution in [2.24, 2.45) is 11.7 Å². The van der Waals surface area contributed by atoms with Gasteiger partial charge in [-0.1, -0.05) is 20.3 Å². The fourth-order valence-electron chi connectivity index (χ4n) is 2.79. The summed E-state index contributed by atoms with van der Waals surface area (Å²) >= 11 is 1.41. The Bertz CT molecular complexity index is 750. The highest BCUT2D eigenvalue weighted by atomic mass is 32.2. The van der Waals surface area contributed by atoms with Gasteiger partial charge < -0.3 is 37.0 Å². The van der Waals surface area contributed by atoms with E-state index in [0.29, 0.717) is 12.2 Å². The lowest BCUT2D eigenvalue weighted by Gasteiger charge is -2.28. The van der Waals surface area contributed by atoms with E-state index in [0.717, 1.165) is 0 Å². The number of hydrogen-bond donors (Lipinski definition) is 7. The number of nitrogens with two attached hydrogens (primary N) is 1. The molecule has 0 rings (SSSR count). The summed E-state index contributed by atoms with van der Waals surface area (Å²) in [5.41, 5.74) is 5.70. The van der Waals surface area contributed by atoms with Crippen LogP contribution in [-0.2, 0) is 28.8 Å². The van der Waals surface area contributed by atoms with E-state index < -0.39 is 72.1 Å². The Morgan fingerprint density at radius 2 is 1.44 bits per heavy atom. The molecule has 3 amide bonds. The molecule has 0 aromatic heterocycles. The van der Waals surface area contributed by atoms with Crippen LogP contribution in [0.4, 0.5) is 0 Å². The van der Waals surface area contributed by atoms with Crippen molar-refractivity contribution < 1.29 is 44.1 Å². The van der Waals surface area contributed by atoms with Crippen molar-refractivity contribution in [3.05, 3.63) is 0 Å². The Balaban J connectivity index is 5.50. The SMILES string of the molecule is CCC(C)C(NC(=O)C(CCSC)NC(=O)C(N)CCC(=O)O)C(=O)NC(CC(=O)O)C(=O)O. The van der Waals surface area contributed by atoms with Crippen LogP contribution in [0, 0.1) is 5.92 Å². The number of carboxylic acid groups (broad SMARTS) is 3. The van der Waals surface area contributed by atoms with Crippen LogP contribution in [0.1, 0.15) is 46.0 Å². The summed E-state index contributed by atoms with van der Waals surface area (Å²) in [6.07, 6.45) is 1.11. The van der Waals surface area contributed by atoms with Gasteiger partial charge in [0, 0.05) is 6.42 Å². The standard InChI is InChI=1S/C20H34N4O9S/c1-4-10(2)16(19(31)23-13(20(32)33)9-15(27)28)24-18(30)12(7-8-34-3)22-17(29)11(21)5-6-14(25)26/h10-13,16H,4-9,21H2,1-3H3,(H,22,29)(H,23,31)(H,24,30)(H,25,26)(H,27,28)(H,32,33). The molecule has 0 aromatic carbocycles. The van der Waals surface area contributed by atoms with Gasteiger partial charge in [-0.2, -0.15) is 11.8 Å². The summed E-state index contributed by atoms with van der Waals surface area (Å²) in [7, 11) is 0. The van der Waals surface area contributed by atoms with E-state index in [1.807, 2.05) is 0 Å². The average Bonchev–Trinajstić information content (AvgIpc) is 2.76. The maximum Gasteiger partial charge on any atom is 0.326 e. The molecule has 34 heavy (non-hydrogen) atoms. The summed E-state index contributed by atoms with van der Waals surface area (Å²) in [6, 6.07) is -5.11. The zero-order valence-electron chi connectivity index (χ0n) is 19.4. The molecule has 5 atom stereocenters. The first-order valence-corrected chi connectivity index (χ1v) is 12.0. The number of carboxylic acids is 3. The van der Waals surface area contributed by atoms with Crippen LogP contribution in [0.25, 0.3) is 0 Å². The van der Waals surface area contributed by atoms with Gasteiger partial charge in [0.15, 0.2) is 0 Å². The number of carbonyl (C=O) groups excluding carboxylic acids is 3. The molecule has 0 aromatic rings. The van der Waals surface area contributed by atoms with Crippen LogP contribution in [0.3, 0.4) is 0 Å². The summed E-state index contributed by atoms with van der Waals surface area (Å²) < 4.78 is 0. The van der Waals surface area contributed by atoms with Crippen molar-refractivity contribution in [3.8, 4) is 0 Å². The second-order valence-corrected chi connectivity index (χ2v) is 8.74. The predicted molar refractivity (Wildman–Crippen MR) is 123 cm³/mol. The van der Waals surface area contributed by atoms with Gasteiger partial charge in [0.2, 0.25) is 17.7 Å². The van der Waals surface area contributed by atoms with Gasteiger partial charge >= 0.3 is 17.9 Å². The third-order valence-corrected chi connectivity index (χ3v) is 5.68. The van der Waals surface area contributed by atoms with Crippen LogP contribution >= 0.6 is 11.8 Å². The van der Waals surface area contributed by atoms with E-state index >= 15 is 0 Å². The second kappa shape index (κ2) is 15.9. The molecule has 8 N–H and O–H groups in total. The lowest BCUT2D eigenvalue weighted by Crippen LogP contribution is -2.58. The average molecular weight is 507 g/mol. The molecule has 194 valence electrons.